The molecule has 1 amide bonds. The molecule has 2 unspecified atom stereocenters. The fourth-order valence-electron chi connectivity index (χ4n) is 3.33. The molecule has 20 heavy (non-hydrogen) atoms. The molecule has 4 rings (SSSR count). The molecular weight excluding hydrogens is 276 g/mol. The molecule has 1 aromatic carbocycles. The number of halogens is 1. The summed E-state index contributed by atoms with van der Waals surface area (Å²) in [6.45, 7) is 0. The van der Waals surface area contributed by atoms with E-state index in [1.165, 1.54) is 12.8 Å². The second-order valence-electron chi connectivity index (χ2n) is 5.54. The number of fused-ring (bicyclic) bond motifs is 3. The summed E-state index contributed by atoms with van der Waals surface area (Å²) < 4.78 is 5.34. The molecule has 1 aromatic heterocycles. The Kier molecular flexibility index (Phi) is 3.44. The van der Waals surface area contributed by atoms with Gasteiger partial charge in [-0.1, -0.05) is 6.07 Å². The zero-order chi connectivity index (χ0) is 12.8. The Hall–Kier alpha value is -1.52. The van der Waals surface area contributed by atoms with E-state index in [4.69, 9.17) is 4.42 Å². The van der Waals surface area contributed by atoms with Crippen LogP contribution in [0.3, 0.4) is 0 Å². The highest BCUT2D eigenvalue weighted by atomic mass is 35.5. The van der Waals surface area contributed by atoms with Crippen molar-refractivity contribution in [3.8, 4) is 0 Å². The van der Waals surface area contributed by atoms with Gasteiger partial charge in [0.25, 0.3) is 5.91 Å². The first-order valence-corrected chi connectivity index (χ1v) is 6.84. The number of hydrogen-bond donors (Lipinski definition) is 2. The monoisotopic (exact) mass is 292 g/mol. The van der Waals surface area contributed by atoms with Gasteiger partial charge in [-0.05, 0) is 37.5 Å². The summed E-state index contributed by atoms with van der Waals surface area (Å²) in [5.41, 5.74) is 1.43. The Morgan fingerprint density at radius 2 is 2.20 bits per heavy atom. The molecular formula is C15H17ClN2O2. The molecule has 2 saturated heterocycles. The average Bonchev–Trinajstić information content (AvgIpc) is 3.13. The van der Waals surface area contributed by atoms with E-state index in [-0.39, 0.29) is 24.4 Å². The van der Waals surface area contributed by atoms with Gasteiger partial charge in [-0.3, -0.25) is 4.79 Å². The topological polar surface area (TPSA) is 54.3 Å². The average molecular weight is 293 g/mol. The molecule has 2 aliphatic heterocycles. The molecule has 0 spiro atoms. The van der Waals surface area contributed by atoms with E-state index in [0.29, 0.717) is 17.6 Å². The van der Waals surface area contributed by atoms with Gasteiger partial charge in [0.1, 0.15) is 5.58 Å². The maximum absolute atomic E-state index is 12.3. The van der Waals surface area contributed by atoms with Gasteiger partial charge < -0.3 is 15.1 Å². The van der Waals surface area contributed by atoms with Gasteiger partial charge in [0.2, 0.25) is 0 Å². The van der Waals surface area contributed by atoms with Crippen LogP contribution in [0.15, 0.2) is 34.9 Å². The molecule has 2 aromatic rings. The lowest BCUT2D eigenvalue weighted by Gasteiger charge is -2.21. The van der Waals surface area contributed by atoms with Crippen LogP contribution in [0.5, 0.6) is 0 Å². The molecule has 0 saturated carbocycles. The summed E-state index contributed by atoms with van der Waals surface area (Å²) in [6, 6.07) is 8.82. The van der Waals surface area contributed by atoms with Crippen LogP contribution in [-0.2, 0) is 0 Å². The van der Waals surface area contributed by atoms with Crippen LogP contribution in [0.1, 0.15) is 29.6 Å². The largest absolute Gasteiger partial charge is 0.464 e. The van der Waals surface area contributed by atoms with Crippen LogP contribution in [0.25, 0.3) is 11.0 Å². The Labute approximate surface area is 123 Å². The molecule has 0 aliphatic carbocycles. The van der Waals surface area contributed by atoms with E-state index < -0.39 is 0 Å². The minimum Gasteiger partial charge on any atom is -0.464 e. The summed E-state index contributed by atoms with van der Waals surface area (Å²) in [7, 11) is 0. The van der Waals surface area contributed by atoms with Crippen LogP contribution in [0.4, 0.5) is 0 Å². The Balaban J connectivity index is 0.00000121. The second-order valence-corrected chi connectivity index (χ2v) is 5.54. The zero-order valence-electron chi connectivity index (χ0n) is 11.0. The van der Waals surface area contributed by atoms with Crippen LogP contribution in [-0.4, -0.2) is 24.0 Å². The lowest BCUT2D eigenvalue weighted by Crippen LogP contribution is -2.42. The molecule has 0 radical (unpaired) electrons. The third-order valence-electron chi connectivity index (χ3n) is 4.33. The van der Waals surface area contributed by atoms with Crippen molar-refractivity contribution < 1.29 is 9.21 Å². The quantitative estimate of drug-likeness (QED) is 0.894. The summed E-state index contributed by atoms with van der Waals surface area (Å²) in [6.07, 6.45) is 5.12. The first kappa shape index (κ1) is 13.5. The van der Waals surface area contributed by atoms with E-state index in [1.807, 2.05) is 24.3 Å². The number of carbonyl (C=O) groups excluding carboxylic acids is 1. The summed E-state index contributed by atoms with van der Waals surface area (Å²) in [5, 5.41) is 7.69. The SMILES string of the molecule is Cl.O=C(N[C@@H]1CC2CCC1N2)c1ccc2ccoc2c1. The van der Waals surface area contributed by atoms with Gasteiger partial charge in [-0.2, -0.15) is 0 Å². The van der Waals surface area contributed by atoms with Crippen LogP contribution >= 0.6 is 12.4 Å². The number of benzene rings is 1. The molecule has 5 heteroatoms. The van der Waals surface area contributed by atoms with Crippen molar-refractivity contribution in [3.63, 3.8) is 0 Å². The Morgan fingerprint density at radius 3 is 2.95 bits per heavy atom. The van der Waals surface area contributed by atoms with E-state index in [2.05, 4.69) is 10.6 Å². The third-order valence-corrected chi connectivity index (χ3v) is 4.33. The number of hydrogen-bond acceptors (Lipinski definition) is 3. The maximum atomic E-state index is 12.3. The molecule has 2 bridgehead atoms. The third kappa shape index (κ3) is 2.19. The molecule has 2 aliphatic rings. The van der Waals surface area contributed by atoms with Gasteiger partial charge in [-0.15, -0.1) is 12.4 Å². The highest BCUT2D eigenvalue weighted by molar-refractivity contribution is 5.97. The number of carbonyl (C=O) groups is 1. The number of rotatable bonds is 2. The lowest BCUT2D eigenvalue weighted by molar-refractivity contribution is 0.0931. The van der Waals surface area contributed by atoms with E-state index in [0.717, 1.165) is 17.4 Å². The maximum Gasteiger partial charge on any atom is 0.251 e. The Bertz CT molecular complexity index is 640. The molecule has 2 fully saturated rings. The summed E-state index contributed by atoms with van der Waals surface area (Å²) in [5.74, 6) is -0.00218. The van der Waals surface area contributed by atoms with Crippen molar-refractivity contribution in [2.24, 2.45) is 0 Å². The van der Waals surface area contributed by atoms with Gasteiger partial charge in [0.05, 0.1) is 6.26 Å². The summed E-state index contributed by atoms with van der Waals surface area (Å²) in [4.78, 5) is 12.3. The van der Waals surface area contributed by atoms with Gasteiger partial charge in [-0.25, -0.2) is 0 Å². The summed E-state index contributed by atoms with van der Waals surface area (Å²) >= 11 is 0. The van der Waals surface area contributed by atoms with Crippen LogP contribution in [0.2, 0.25) is 0 Å². The second kappa shape index (κ2) is 5.11. The van der Waals surface area contributed by atoms with E-state index in [1.54, 1.807) is 6.26 Å². The molecule has 106 valence electrons. The predicted octanol–water partition coefficient (Wildman–Crippen LogP) is 2.48. The number of furan rings is 1. The van der Waals surface area contributed by atoms with Crippen molar-refractivity contribution in [3.05, 3.63) is 36.1 Å². The predicted molar refractivity (Wildman–Crippen MR) is 79.3 cm³/mol. The first-order chi connectivity index (χ1) is 9.29. The molecule has 3 atom stereocenters. The highest BCUT2D eigenvalue weighted by Crippen LogP contribution is 2.28. The standard InChI is InChI=1S/C15H16N2O2.ClH/c18-15(17-13-8-11-3-4-12(13)16-11)10-2-1-9-5-6-19-14(9)7-10;/h1-2,5-7,11-13,16H,3-4,8H2,(H,17,18);1H/t11?,12?,13-;/m1./s1. The van der Waals surface area contributed by atoms with Gasteiger partial charge >= 0.3 is 0 Å². The van der Waals surface area contributed by atoms with Gasteiger partial charge in [0.15, 0.2) is 0 Å². The number of nitrogens with one attached hydrogen (secondary N) is 2. The van der Waals surface area contributed by atoms with E-state index in [9.17, 15) is 4.79 Å². The lowest BCUT2D eigenvalue weighted by atomic mass is 9.95. The van der Waals surface area contributed by atoms with Crippen LogP contribution < -0.4 is 10.6 Å². The minimum atomic E-state index is -0.00218. The molecule has 3 heterocycles. The first-order valence-electron chi connectivity index (χ1n) is 6.84. The highest BCUT2D eigenvalue weighted by Gasteiger charge is 2.39. The van der Waals surface area contributed by atoms with Gasteiger partial charge in [0, 0.05) is 29.1 Å². The minimum absolute atomic E-state index is 0. The Morgan fingerprint density at radius 1 is 1.30 bits per heavy atom. The normalized spacial score (nSPS) is 27.5. The number of amides is 1. The van der Waals surface area contributed by atoms with Crippen molar-refractivity contribution in [2.75, 3.05) is 0 Å². The van der Waals surface area contributed by atoms with Crippen molar-refractivity contribution in [2.45, 2.75) is 37.4 Å². The van der Waals surface area contributed by atoms with E-state index >= 15 is 0 Å². The fourth-order valence-corrected chi connectivity index (χ4v) is 3.33. The van der Waals surface area contributed by atoms with Crippen molar-refractivity contribution in [1.29, 1.82) is 0 Å². The molecule has 4 nitrogen and oxygen atoms in total. The molecule has 2 N–H and O–H groups in total. The van der Waals surface area contributed by atoms with Crippen LogP contribution in [0, 0.1) is 0 Å². The van der Waals surface area contributed by atoms with Crippen molar-refractivity contribution in [1.82, 2.24) is 10.6 Å². The fraction of sp³-hybridized carbons (Fsp3) is 0.400. The van der Waals surface area contributed by atoms with Crippen molar-refractivity contribution >= 4 is 29.3 Å². The smallest absolute Gasteiger partial charge is 0.251 e. The zero-order valence-corrected chi connectivity index (χ0v) is 11.8.